The number of rotatable bonds is 6. The Kier molecular flexibility index (Phi) is 7.71. The van der Waals surface area contributed by atoms with Gasteiger partial charge in [-0.25, -0.2) is 13.8 Å². The summed E-state index contributed by atoms with van der Waals surface area (Å²) in [6.45, 7) is 0.369. The molecule has 1 aliphatic heterocycles. The molecule has 2 N–H and O–H groups in total. The lowest BCUT2D eigenvalue weighted by Crippen LogP contribution is -2.58. The van der Waals surface area contributed by atoms with E-state index < -0.39 is 48.5 Å². The van der Waals surface area contributed by atoms with Crippen molar-refractivity contribution in [2.24, 2.45) is 16.6 Å². The average Bonchev–Trinajstić information content (AvgIpc) is 2.80. The molecule has 0 aromatic carbocycles. The molecule has 188 valence electrons. The van der Waals surface area contributed by atoms with Crippen LogP contribution in [-0.4, -0.2) is 59.2 Å². The van der Waals surface area contributed by atoms with E-state index in [0.29, 0.717) is 11.9 Å². The lowest BCUT2D eigenvalue weighted by atomic mass is 9.88. The first-order valence-electron chi connectivity index (χ1n) is 10.6. The van der Waals surface area contributed by atoms with E-state index >= 15 is 0 Å². The van der Waals surface area contributed by atoms with Crippen molar-refractivity contribution >= 4 is 17.7 Å². The van der Waals surface area contributed by atoms with Crippen molar-refractivity contribution < 1.29 is 31.5 Å². The molecule has 0 radical (unpaired) electrons. The molecule has 1 fully saturated rings. The van der Waals surface area contributed by atoms with Gasteiger partial charge in [0.15, 0.2) is 0 Å². The van der Waals surface area contributed by atoms with Gasteiger partial charge in [-0.1, -0.05) is 13.0 Å². The van der Waals surface area contributed by atoms with Gasteiger partial charge in [-0.15, -0.1) is 0 Å². The van der Waals surface area contributed by atoms with Crippen molar-refractivity contribution in [1.29, 1.82) is 0 Å². The molecule has 0 bridgehead atoms. The number of halogens is 5. The van der Waals surface area contributed by atoms with Crippen LogP contribution < -0.4 is 10.5 Å². The van der Waals surface area contributed by atoms with Gasteiger partial charge in [0.1, 0.15) is 12.3 Å². The summed E-state index contributed by atoms with van der Waals surface area (Å²) in [6, 6.07) is 5.93. The molecular weight excluding hydrogens is 473 g/mol. The first kappa shape index (κ1) is 26.0. The number of nitrogens with zero attached hydrogens (tertiary/aromatic N) is 4. The van der Waals surface area contributed by atoms with Crippen LogP contribution in [0.15, 0.2) is 53.4 Å². The summed E-state index contributed by atoms with van der Waals surface area (Å²) < 4.78 is 72.6. The minimum absolute atomic E-state index is 0.134. The van der Waals surface area contributed by atoms with E-state index in [1.54, 1.807) is 18.2 Å². The Balaban J connectivity index is 1.88. The first-order valence-corrected chi connectivity index (χ1v) is 10.6. The number of aromatic nitrogens is 2. The maximum atomic E-state index is 14.4. The van der Waals surface area contributed by atoms with Gasteiger partial charge >= 0.3 is 6.18 Å². The molecule has 12 heteroatoms. The lowest BCUT2D eigenvalue weighted by molar-refractivity contribution is -0.151. The fourth-order valence-electron chi connectivity index (χ4n) is 3.82. The predicted molar refractivity (Wildman–Crippen MR) is 119 cm³/mol. The third kappa shape index (κ3) is 6.31. The van der Waals surface area contributed by atoms with E-state index in [1.807, 2.05) is 0 Å². The molecule has 0 saturated carbocycles. The summed E-state index contributed by atoms with van der Waals surface area (Å²) >= 11 is 0. The van der Waals surface area contributed by atoms with Gasteiger partial charge in [0.2, 0.25) is 5.88 Å². The fraction of sp³-hybridized carbons (Fsp3) is 0.391. The molecule has 35 heavy (non-hydrogen) atoms. The monoisotopic (exact) mass is 497 g/mol. The molecule has 1 saturated heterocycles. The third-order valence-electron chi connectivity index (χ3n) is 5.53. The van der Waals surface area contributed by atoms with Crippen LogP contribution >= 0.6 is 0 Å². The number of alkyl halides is 5. The van der Waals surface area contributed by atoms with Crippen LogP contribution in [0.25, 0.3) is 5.57 Å². The van der Waals surface area contributed by atoms with Crippen LogP contribution in [0.5, 0.6) is 5.88 Å². The molecule has 0 spiro atoms. The van der Waals surface area contributed by atoms with Crippen molar-refractivity contribution in [3.05, 3.63) is 59.7 Å². The quantitative estimate of drug-likeness (QED) is 0.372. The van der Waals surface area contributed by atoms with E-state index in [4.69, 9.17) is 10.5 Å². The highest BCUT2D eigenvalue weighted by molar-refractivity contribution is 6.17. The third-order valence-corrected chi connectivity index (χ3v) is 5.53. The molecule has 3 heterocycles. The second-order valence-corrected chi connectivity index (χ2v) is 8.16. The van der Waals surface area contributed by atoms with Crippen LogP contribution in [0.3, 0.4) is 0 Å². The van der Waals surface area contributed by atoms with Gasteiger partial charge in [-0.05, 0) is 24.1 Å². The molecule has 7 nitrogen and oxygen atoms in total. The fourth-order valence-corrected chi connectivity index (χ4v) is 3.82. The van der Waals surface area contributed by atoms with Crippen LogP contribution in [-0.2, 0) is 11.0 Å². The van der Waals surface area contributed by atoms with E-state index in [2.05, 4.69) is 15.0 Å². The molecular formula is C23H24F5N5O2. The number of hydrogen-bond donors (Lipinski definition) is 1. The van der Waals surface area contributed by atoms with Gasteiger partial charge < -0.3 is 15.4 Å². The number of pyridine rings is 2. The topological polar surface area (TPSA) is 93.7 Å². The number of hydrogen-bond acceptors (Lipinski definition) is 6. The summed E-state index contributed by atoms with van der Waals surface area (Å²) in [7, 11) is 1.46. The smallest absolute Gasteiger partial charge is 0.417 e. The Hall–Kier alpha value is -3.57. The zero-order valence-corrected chi connectivity index (χ0v) is 19.0. The van der Waals surface area contributed by atoms with Crippen molar-refractivity contribution in [2.45, 2.75) is 31.5 Å². The van der Waals surface area contributed by atoms with Gasteiger partial charge in [0, 0.05) is 43.7 Å². The minimum Gasteiger partial charge on any atom is -0.475 e. The minimum atomic E-state index is -4.56. The molecule has 0 unspecified atom stereocenters. The average molecular weight is 497 g/mol. The van der Waals surface area contributed by atoms with E-state index in [9.17, 15) is 26.7 Å². The van der Waals surface area contributed by atoms with E-state index in [-0.39, 0.29) is 23.8 Å². The summed E-state index contributed by atoms with van der Waals surface area (Å²) in [5.41, 5.74) is 5.35. The number of carbonyl (C=O) groups is 1. The highest BCUT2D eigenvalue weighted by Gasteiger charge is 2.47. The van der Waals surface area contributed by atoms with Gasteiger partial charge in [0.05, 0.1) is 23.8 Å². The lowest BCUT2D eigenvalue weighted by Gasteiger charge is -2.43. The van der Waals surface area contributed by atoms with Crippen LogP contribution in [0.1, 0.15) is 24.6 Å². The molecule has 1 amide bonds. The van der Waals surface area contributed by atoms with E-state index in [0.717, 1.165) is 17.0 Å². The van der Waals surface area contributed by atoms with Crippen LogP contribution in [0, 0.1) is 5.92 Å². The number of piperidine rings is 1. The number of nitrogens with two attached hydrogens (primary N) is 1. The summed E-state index contributed by atoms with van der Waals surface area (Å²) in [4.78, 5) is 25.9. The Morgan fingerprint density at radius 3 is 2.60 bits per heavy atom. The van der Waals surface area contributed by atoms with Crippen molar-refractivity contribution in [2.75, 3.05) is 20.2 Å². The van der Waals surface area contributed by atoms with Gasteiger partial charge in [-0.3, -0.25) is 14.8 Å². The highest BCUT2D eigenvalue weighted by atomic mass is 19.4. The standard InChI is InChI=1S/C23H24F5N5O2/c1-14-9-22(24,25)13-33(18(14)12-35-19-7-6-15(10-32-19)23(26,27)28)21(34)20(29)16(11-30-2)17-5-3-4-8-31-17/h3-8,10-11,14,18H,9,12-13,29H2,1-2H3/t14-,18-/m1/s1. The Labute approximate surface area is 198 Å². The van der Waals surface area contributed by atoms with Gasteiger partial charge in [-0.2, -0.15) is 13.2 Å². The SMILES string of the molecule is CN=CC(=C(N)C(=O)N1CC(F)(F)C[C@@H](C)[C@H]1COc1ccc(C(F)(F)F)cn1)c1ccccn1. The van der Waals surface area contributed by atoms with Crippen LogP contribution in [0.2, 0.25) is 0 Å². The predicted octanol–water partition coefficient (Wildman–Crippen LogP) is 3.82. The van der Waals surface area contributed by atoms with E-state index in [1.165, 1.54) is 26.4 Å². The van der Waals surface area contributed by atoms with Crippen molar-refractivity contribution in [3.63, 3.8) is 0 Å². The second kappa shape index (κ2) is 10.4. The largest absolute Gasteiger partial charge is 0.475 e. The second-order valence-electron chi connectivity index (χ2n) is 8.16. The number of carbonyl (C=O) groups excluding carboxylic acids is 1. The number of allylic oxidation sites excluding steroid dienone is 1. The maximum absolute atomic E-state index is 14.4. The molecule has 2 aromatic rings. The van der Waals surface area contributed by atoms with Crippen molar-refractivity contribution in [3.8, 4) is 5.88 Å². The number of ether oxygens (including phenoxy) is 1. The normalized spacial score (nSPS) is 21.1. The molecule has 3 rings (SSSR count). The van der Waals surface area contributed by atoms with Crippen molar-refractivity contribution in [1.82, 2.24) is 14.9 Å². The Bertz CT molecular complexity index is 1090. The number of amides is 1. The zero-order chi connectivity index (χ0) is 25.8. The number of likely N-dealkylation sites (tertiary alicyclic amines) is 1. The molecule has 2 atom stereocenters. The molecule has 1 aliphatic rings. The van der Waals surface area contributed by atoms with Crippen LogP contribution in [0.4, 0.5) is 22.0 Å². The Morgan fingerprint density at radius 1 is 1.29 bits per heavy atom. The summed E-state index contributed by atoms with van der Waals surface area (Å²) in [5.74, 6) is -4.86. The molecule has 0 aliphatic carbocycles. The van der Waals surface area contributed by atoms with Gasteiger partial charge in [0.25, 0.3) is 11.8 Å². The molecule has 2 aromatic heterocycles. The highest BCUT2D eigenvalue weighted by Crippen LogP contribution is 2.35. The summed E-state index contributed by atoms with van der Waals surface area (Å²) in [5, 5.41) is 0. The first-order chi connectivity index (χ1) is 16.4. The number of aliphatic imine (C=N–C) groups is 1. The summed E-state index contributed by atoms with van der Waals surface area (Å²) in [6.07, 6.45) is -1.64. The maximum Gasteiger partial charge on any atom is 0.417 e. The Morgan fingerprint density at radius 2 is 2.03 bits per heavy atom. The zero-order valence-electron chi connectivity index (χ0n) is 19.0.